The van der Waals surface area contributed by atoms with E-state index >= 15 is 0 Å². The molecule has 4 rings (SSSR count). The molecule has 2 aromatic carbocycles. The van der Waals surface area contributed by atoms with Gasteiger partial charge in [0, 0.05) is 10.6 Å². The minimum absolute atomic E-state index is 0.0466. The number of carbonyl (C=O) groups is 1. The number of benzene rings is 2. The monoisotopic (exact) mass is 393 g/mol. The van der Waals surface area contributed by atoms with Gasteiger partial charge in [-0.05, 0) is 61.4 Å². The predicted octanol–water partition coefficient (Wildman–Crippen LogP) is 3.14. The lowest BCUT2D eigenvalue weighted by molar-refractivity contribution is 0.0997. The first-order valence-electron chi connectivity index (χ1n) is 8.51. The van der Waals surface area contributed by atoms with Gasteiger partial charge in [0.2, 0.25) is 0 Å². The van der Waals surface area contributed by atoms with Gasteiger partial charge in [-0.3, -0.25) is 4.79 Å². The molecular formula is C20H16ClN5O2. The van der Waals surface area contributed by atoms with Crippen LogP contribution in [-0.2, 0) is 0 Å². The van der Waals surface area contributed by atoms with E-state index in [0.29, 0.717) is 16.3 Å². The number of amides is 1. The summed E-state index contributed by atoms with van der Waals surface area (Å²) in [4.78, 5) is 36.1. The summed E-state index contributed by atoms with van der Waals surface area (Å²) in [5, 5.41) is 0.564. The third-order valence-corrected chi connectivity index (χ3v) is 4.87. The van der Waals surface area contributed by atoms with Gasteiger partial charge in [-0.25, -0.2) is 19.3 Å². The molecule has 1 amide bonds. The fraction of sp³-hybridized carbons (Fsp3) is 0.100. The molecule has 0 bridgehead atoms. The highest BCUT2D eigenvalue weighted by Gasteiger charge is 2.20. The number of hydrogen-bond donors (Lipinski definition) is 2. The number of rotatable bonds is 3. The summed E-state index contributed by atoms with van der Waals surface area (Å²) in [7, 11) is 0. The van der Waals surface area contributed by atoms with Crippen molar-refractivity contribution in [2.45, 2.75) is 13.8 Å². The molecule has 0 atom stereocenters. The van der Waals surface area contributed by atoms with Gasteiger partial charge in [0.15, 0.2) is 17.2 Å². The average Bonchev–Trinajstić information content (AvgIpc) is 2.99. The number of aryl methyl sites for hydroxylation is 2. The molecule has 0 spiro atoms. The molecule has 2 aromatic heterocycles. The molecule has 0 aliphatic carbocycles. The lowest BCUT2D eigenvalue weighted by Crippen LogP contribution is -2.15. The zero-order valence-corrected chi connectivity index (χ0v) is 15.9. The highest BCUT2D eigenvalue weighted by molar-refractivity contribution is 6.30. The Morgan fingerprint density at radius 1 is 1.07 bits per heavy atom. The van der Waals surface area contributed by atoms with Crippen molar-refractivity contribution in [3.63, 3.8) is 0 Å². The molecule has 28 heavy (non-hydrogen) atoms. The Morgan fingerprint density at radius 3 is 2.43 bits per heavy atom. The highest BCUT2D eigenvalue weighted by Crippen LogP contribution is 2.23. The Labute approximate surface area is 164 Å². The second kappa shape index (κ2) is 6.61. The third-order valence-electron chi connectivity index (χ3n) is 4.62. The van der Waals surface area contributed by atoms with Gasteiger partial charge in [-0.1, -0.05) is 17.7 Å². The average molecular weight is 394 g/mol. The van der Waals surface area contributed by atoms with Crippen LogP contribution >= 0.6 is 11.6 Å². The maximum Gasteiger partial charge on any atom is 0.332 e. The van der Waals surface area contributed by atoms with Gasteiger partial charge in [0.05, 0.1) is 5.69 Å². The maximum atomic E-state index is 12.7. The summed E-state index contributed by atoms with van der Waals surface area (Å²) < 4.78 is 1.41. The van der Waals surface area contributed by atoms with E-state index < -0.39 is 11.6 Å². The molecule has 0 aliphatic heterocycles. The first kappa shape index (κ1) is 17.9. The van der Waals surface area contributed by atoms with Gasteiger partial charge in [-0.15, -0.1) is 0 Å². The molecule has 140 valence electrons. The predicted molar refractivity (Wildman–Crippen MR) is 108 cm³/mol. The fourth-order valence-corrected chi connectivity index (χ4v) is 3.12. The lowest BCUT2D eigenvalue weighted by atomic mass is 10.1. The SMILES string of the molecule is Cc1ccc(-n2c(=O)[nH]c3c(C(N)=O)nc(-c4ccc(Cl)cc4)nc32)cc1C. The standard InChI is InChI=1S/C20H16ClN5O2/c1-10-3-8-14(9-11(10)2)26-19-16(24-20(26)28)15(17(22)27)23-18(25-19)12-4-6-13(21)7-5-12/h3-9H,1-2H3,(H2,22,27)(H,24,28). The summed E-state index contributed by atoms with van der Waals surface area (Å²) in [5.41, 5.74) is 8.93. The molecule has 4 aromatic rings. The van der Waals surface area contributed by atoms with Crippen LogP contribution in [0.25, 0.3) is 28.2 Å². The van der Waals surface area contributed by atoms with Crippen LogP contribution in [0.2, 0.25) is 5.02 Å². The number of nitrogens with two attached hydrogens (primary N) is 1. The molecule has 3 N–H and O–H groups in total. The zero-order chi connectivity index (χ0) is 20.0. The quantitative estimate of drug-likeness (QED) is 0.557. The van der Waals surface area contributed by atoms with Crippen LogP contribution in [0.15, 0.2) is 47.3 Å². The largest absolute Gasteiger partial charge is 0.364 e. The highest BCUT2D eigenvalue weighted by atomic mass is 35.5. The molecular weight excluding hydrogens is 378 g/mol. The minimum Gasteiger partial charge on any atom is -0.364 e. The van der Waals surface area contributed by atoms with E-state index in [1.165, 1.54) is 4.57 Å². The number of halogens is 1. The zero-order valence-electron chi connectivity index (χ0n) is 15.2. The van der Waals surface area contributed by atoms with Crippen LogP contribution in [0.1, 0.15) is 21.6 Å². The maximum absolute atomic E-state index is 12.7. The Morgan fingerprint density at radius 2 is 1.79 bits per heavy atom. The van der Waals surface area contributed by atoms with Gasteiger partial charge >= 0.3 is 5.69 Å². The fourth-order valence-electron chi connectivity index (χ4n) is 3.00. The molecule has 0 saturated heterocycles. The van der Waals surface area contributed by atoms with Crippen molar-refractivity contribution in [3.05, 3.63) is 74.8 Å². The number of H-pyrrole nitrogens is 1. The van der Waals surface area contributed by atoms with E-state index in [2.05, 4.69) is 15.0 Å². The van der Waals surface area contributed by atoms with Crippen molar-refractivity contribution in [1.29, 1.82) is 0 Å². The van der Waals surface area contributed by atoms with Crippen molar-refractivity contribution in [2.75, 3.05) is 0 Å². The lowest BCUT2D eigenvalue weighted by Gasteiger charge is -2.08. The first-order chi connectivity index (χ1) is 13.3. The molecule has 0 unspecified atom stereocenters. The number of aromatic nitrogens is 4. The number of imidazole rings is 1. The van der Waals surface area contributed by atoms with Gasteiger partial charge in [0.1, 0.15) is 5.52 Å². The van der Waals surface area contributed by atoms with E-state index in [9.17, 15) is 9.59 Å². The summed E-state index contributed by atoms with van der Waals surface area (Å²) in [5.74, 6) is -0.481. The van der Waals surface area contributed by atoms with Crippen LogP contribution in [0.4, 0.5) is 0 Å². The van der Waals surface area contributed by atoms with Crippen LogP contribution in [-0.4, -0.2) is 25.4 Å². The van der Waals surface area contributed by atoms with Crippen molar-refractivity contribution in [3.8, 4) is 17.1 Å². The summed E-state index contributed by atoms with van der Waals surface area (Å²) >= 11 is 5.95. The molecule has 8 heteroatoms. The third kappa shape index (κ3) is 2.95. The van der Waals surface area contributed by atoms with Crippen molar-refractivity contribution in [1.82, 2.24) is 19.5 Å². The number of nitrogens with zero attached hydrogens (tertiary/aromatic N) is 3. The van der Waals surface area contributed by atoms with E-state index in [1.54, 1.807) is 24.3 Å². The normalized spacial score (nSPS) is 11.1. The number of nitrogens with one attached hydrogen (secondary N) is 1. The Kier molecular flexibility index (Phi) is 4.24. The Bertz CT molecular complexity index is 1290. The number of hydrogen-bond acceptors (Lipinski definition) is 4. The molecule has 2 heterocycles. The molecule has 0 aliphatic rings. The van der Waals surface area contributed by atoms with E-state index in [1.807, 2.05) is 32.0 Å². The van der Waals surface area contributed by atoms with Crippen molar-refractivity contribution >= 4 is 28.7 Å². The smallest absolute Gasteiger partial charge is 0.332 e. The summed E-state index contributed by atoms with van der Waals surface area (Å²) in [6.45, 7) is 3.95. The summed E-state index contributed by atoms with van der Waals surface area (Å²) in [6, 6.07) is 12.5. The molecule has 0 saturated carbocycles. The van der Waals surface area contributed by atoms with Crippen LogP contribution in [0, 0.1) is 13.8 Å². The van der Waals surface area contributed by atoms with Crippen LogP contribution in [0.3, 0.4) is 0 Å². The topological polar surface area (TPSA) is 107 Å². The van der Waals surface area contributed by atoms with Crippen molar-refractivity contribution < 1.29 is 4.79 Å². The van der Waals surface area contributed by atoms with Gasteiger partial charge in [-0.2, -0.15) is 0 Å². The second-order valence-corrected chi connectivity index (χ2v) is 6.94. The molecule has 0 radical (unpaired) electrons. The molecule has 0 fully saturated rings. The second-order valence-electron chi connectivity index (χ2n) is 6.50. The van der Waals surface area contributed by atoms with Crippen LogP contribution in [0.5, 0.6) is 0 Å². The van der Waals surface area contributed by atoms with E-state index in [-0.39, 0.29) is 22.7 Å². The number of aromatic amines is 1. The van der Waals surface area contributed by atoms with Gasteiger partial charge in [0.25, 0.3) is 5.91 Å². The number of carbonyl (C=O) groups excluding carboxylic acids is 1. The first-order valence-corrected chi connectivity index (χ1v) is 8.89. The number of primary amides is 1. The van der Waals surface area contributed by atoms with Crippen molar-refractivity contribution in [2.24, 2.45) is 5.73 Å². The van der Waals surface area contributed by atoms with Crippen LogP contribution < -0.4 is 11.4 Å². The molecule has 7 nitrogen and oxygen atoms in total. The Balaban J connectivity index is 2.05. The van der Waals surface area contributed by atoms with E-state index in [4.69, 9.17) is 17.3 Å². The minimum atomic E-state index is -0.754. The van der Waals surface area contributed by atoms with E-state index in [0.717, 1.165) is 11.1 Å². The van der Waals surface area contributed by atoms with Gasteiger partial charge < -0.3 is 10.7 Å². The summed E-state index contributed by atoms with van der Waals surface area (Å²) in [6.07, 6.45) is 0. The Hall–Kier alpha value is -3.45. The number of fused-ring (bicyclic) bond motifs is 1.